The zero-order chi connectivity index (χ0) is 16.4. The molecule has 0 aliphatic carbocycles. The highest BCUT2D eigenvalue weighted by Gasteiger charge is 2.18. The number of piperidine rings is 1. The number of amides is 1. The molecule has 0 saturated carbocycles. The van der Waals surface area contributed by atoms with Crippen molar-refractivity contribution < 1.29 is 9.21 Å². The van der Waals surface area contributed by atoms with Gasteiger partial charge in [-0.2, -0.15) is 9.61 Å². The van der Waals surface area contributed by atoms with Gasteiger partial charge in [0.25, 0.3) is 0 Å². The number of furan rings is 1. The number of carbonyl (C=O) groups excluding carboxylic acids is 1. The summed E-state index contributed by atoms with van der Waals surface area (Å²) in [6, 6.07) is 7.36. The van der Waals surface area contributed by atoms with E-state index in [1.54, 1.807) is 10.8 Å². The predicted molar refractivity (Wildman–Crippen MR) is 89.6 cm³/mol. The Hall–Kier alpha value is -2.35. The van der Waals surface area contributed by atoms with Crippen molar-refractivity contribution in [1.29, 1.82) is 0 Å². The van der Waals surface area contributed by atoms with Crippen LogP contribution in [0.4, 0.5) is 0 Å². The van der Waals surface area contributed by atoms with Gasteiger partial charge in [0.1, 0.15) is 5.69 Å². The second-order valence-corrected chi connectivity index (χ2v) is 6.62. The average Bonchev–Trinajstić information content (AvgIpc) is 3.30. The molecule has 8 heteroatoms. The number of fused-ring (bicyclic) bond motifs is 1. The molecule has 124 valence electrons. The summed E-state index contributed by atoms with van der Waals surface area (Å²) in [4.78, 5) is 14.2. The van der Waals surface area contributed by atoms with Crippen LogP contribution in [0.3, 0.4) is 0 Å². The number of thioether (sulfide) groups is 1. The second kappa shape index (κ2) is 6.64. The molecule has 0 unspecified atom stereocenters. The van der Waals surface area contributed by atoms with Gasteiger partial charge in [0, 0.05) is 13.1 Å². The van der Waals surface area contributed by atoms with Crippen molar-refractivity contribution in [2.75, 3.05) is 18.8 Å². The first kappa shape index (κ1) is 15.2. The van der Waals surface area contributed by atoms with Crippen LogP contribution in [0.15, 0.2) is 40.1 Å². The first-order valence-electron chi connectivity index (χ1n) is 7.98. The maximum absolute atomic E-state index is 12.3. The van der Waals surface area contributed by atoms with E-state index in [-0.39, 0.29) is 5.91 Å². The van der Waals surface area contributed by atoms with E-state index >= 15 is 0 Å². The Labute approximate surface area is 143 Å². The second-order valence-electron chi connectivity index (χ2n) is 5.68. The Kier molecular flexibility index (Phi) is 4.20. The van der Waals surface area contributed by atoms with Crippen LogP contribution in [-0.2, 0) is 4.79 Å². The van der Waals surface area contributed by atoms with Gasteiger partial charge in [0.15, 0.2) is 11.4 Å². The van der Waals surface area contributed by atoms with Crippen LogP contribution in [0.5, 0.6) is 0 Å². The van der Waals surface area contributed by atoms with Crippen LogP contribution in [0, 0.1) is 0 Å². The molecule has 24 heavy (non-hydrogen) atoms. The molecule has 0 radical (unpaired) electrons. The Morgan fingerprint density at radius 1 is 1.17 bits per heavy atom. The minimum Gasteiger partial charge on any atom is -0.463 e. The third kappa shape index (κ3) is 3.01. The summed E-state index contributed by atoms with van der Waals surface area (Å²) in [6.07, 6.45) is 5.02. The van der Waals surface area contributed by atoms with Crippen LogP contribution in [0.1, 0.15) is 19.3 Å². The van der Waals surface area contributed by atoms with Crippen LogP contribution in [0.2, 0.25) is 0 Å². The minimum atomic E-state index is 0.152. The highest BCUT2D eigenvalue weighted by atomic mass is 32.2. The molecule has 0 atom stereocenters. The molecule has 1 amide bonds. The number of nitrogens with zero attached hydrogens (tertiary/aromatic N) is 5. The molecule has 1 fully saturated rings. The van der Waals surface area contributed by atoms with Crippen LogP contribution in [0.25, 0.3) is 17.1 Å². The fraction of sp³-hybridized carbons (Fsp3) is 0.375. The van der Waals surface area contributed by atoms with E-state index < -0.39 is 0 Å². The lowest BCUT2D eigenvalue weighted by Gasteiger charge is -2.26. The predicted octanol–water partition coefficient (Wildman–Crippen LogP) is 2.49. The summed E-state index contributed by atoms with van der Waals surface area (Å²) >= 11 is 1.37. The fourth-order valence-electron chi connectivity index (χ4n) is 2.78. The van der Waals surface area contributed by atoms with Crippen LogP contribution in [-0.4, -0.2) is 49.5 Å². The summed E-state index contributed by atoms with van der Waals surface area (Å²) in [5.41, 5.74) is 1.36. The summed E-state index contributed by atoms with van der Waals surface area (Å²) in [5, 5.41) is 13.4. The highest BCUT2D eigenvalue weighted by Crippen LogP contribution is 2.21. The highest BCUT2D eigenvalue weighted by molar-refractivity contribution is 7.99. The Balaban J connectivity index is 1.51. The lowest BCUT2D eigenvalue weighted by Crippen LogP contribution is -2.36. The van der Waals surface area contributed by atoms with Crippen molar-refractivity contribution in [3.8, 4) is 11.5 Å². The van der Waals surface area contributed by atoms with E-state index in [9.17, 15) is 4.79 Å². The molecular formula is C16H17N5O2S. The van der Waals surface area contributed by atoms with Crippen molar-refractivity contribution in [2.45, 2.75) is 24.4 Å². The van der Waals surface area contributed by atoms with Gasteiger partial charge in [-0.05, 0) is 43.5 Å². The largest absolute Gasteiger partial charge is 0.463 e. The van der Waals surface area contributed by atoms with Gasteiger partial charge in [0.2, 0.25) is 11.1 Å². The van der Waals surface area contributed by atoms with E-state index in [1.807, 2.05) is 29.2 Å². The molecular weight excluding hydrogens is 326 g/mol. The third-order valence-corrected chi connectivity index (χ3v) is 4.95. The van der Waals surface area contributed by atoms with Crippen LogP contribution >= 0.6 is 11.8 Å². The van der Waals surface area contributed by atoms with Gasteiger partial charge in [0.05, 0.1) is 12.0 Å². The molecule has 3 aromatic rings. The summed E-state index contributed by atoms with van der Waals surface area (Å²) < 4.78 is 7.04. The average molecular weight is 343 g/mol. The Morgan fingerprint density at radius 2 is 2.04 bits per heavy atom. The number of aromatic nitrogens is 4. The molecule has 1 saturated heterocycles. The van der Waals surface area contributed by atoms with E-state index in [0.717, 1.165) is 25.9 Å². The zero-order valence-electron chi connectivity index (χ0n) is 13.1. The SMILES string of the molecule is O=C(CSc1nnc2ccc(-c3ccco3)nn12)N1CCCCC1. The maximum Gasteiger partial charge on any atom is 0.233 e. The van der Waals surface area contributed by atoms with Crippen molar-refractivity contribution >= 4 is 23.3 Å². The third-order valence-electron chi connectivity index (χ3n) is 4.04. The molecule has 4 heterocycles. The molecule has 1 aliphatic heterocycles. The van der Waals surface area contributed by atoms with Gasteiger partial charge < -0.3 is 9.32 Å². The van der Waals surface area contributed by atoms with E-state index in [4.69, 9.17) is 4.42 Å². The molecule has 4 rings (SSSR count). The number of hydrogen-bond donors (Lipinski definition) is 0. The number of likely N-dealkylation sites (tertiary alicyclic amines) is 1. The van der Waals surface area contributed by atoms with Crippen molar-refractivity contribution in [2.24, 2.45) is 0 Å². The zero-order valence-corrected chi connectivity index (χ0v) is 13.9. The Morgan fingerprint density at radius 3 is 2.83 bits per heavy atom. The van der Waals surface area contributed by atoms with Crippen LogP contribution < -0.4 is 0 Å². The molecule has 0 aromatic carbocycles. The maximum atomic E-state index is 12.3. The normalized spacial score (nSPS) is 15.1. The minimum absolute atomic E-state index is 0.152. The van der Waals surface area contributed by atoms with Crippen molar-refractivity contribution in [3.63, 3.8) is 0 Å². The first-order valence-corrected chi connectivity index (χ1v) is 8.97. The number of carbonyl (C=O) groups is 1. The summed E-state index contributed by atoms with van der Waals surface area (Å²) in [5.74, 6) is 1.19. The Bertz CT molecular complexity index is 839. The van der Waals surface area contributed by atoms with E-state index in [1.165, 1.54) is 18.2 Å². The molecule has 0 spiro atoms. The molecule has 1 aliphatic rings. The van der Waals surface area contributed by atoms with Gasteiger partial charge in [-0.25, -0.2) is 0 Å². The molecule has 0 bridgehead atoms. The van der Waals surface area contributed by atoms with Gasteiger partial charge in [-0.1, -0.05) is 11.8 Å². The molecule has 7 nitrogen and oxygen atoms in total. The van der Waals surface area contributed by atoms with Gasteiger partial charge >= 0.3 is 0 Å². The number of hydrogen-bond acceptors (Lipinski definition) is 6. The standard InChI is InChI=1S/C16H17N5O2S/c22-15(20-8-2-1-3-9-20)11-24-16-18-17-14-7-6-12(19-21(14)16)13-5-4-10-23-13/h4-7,10H,1-3,8-9,11H2. The lowest BCUT2D eigenvalue weighted by atomic mass is 10.1. The quantitative estimate of drug-likeness (QED) is 0.678. The summed E-state index contributed by atoms with van der Waals surface area (Å²) in [6.45, 7) is 1.72. The van der Waals surface area contributed by atoms with Gasteiger partial charge in [-0.15, -0.1) is 10.2 Å². The topological polar surface area (TPSA) is 76.5 Å². The number of rotatable bonds is 4. The lowest BCUT2D eigenvalue weighted by molar-refractivity contribution is -0.129. The van der Waals surface area contributed by atoms with Crippen molar-refractivity contribution in [3.05, 3.63) is 30.5 Å². The monoisotopic (exact) mass is 343 g/mol. The smallest absolute Gasteiger partial charge is 0.233 e. The van der Waals surface area contributed by atoms with E-state index in [0.29, 0.717) is 28.0 Å². The summed E-state index contributed by atoms with van der Waals surface area (Å²) in [7, 11) is 0. The molecule has 0 N–H and O–H groups in total. The molecule has 3 aromatic heterocycles. The fourth-order valence-corrected chi connectivity index (χ4v) is 3.57. The van der Waals surface area contributed by atoms with Crippen molar-refractivity contribution in [1.82, 2.24) is 24.7 Å². The first-order chi connectivity index (χ1) is 11.8. The van der Waals surface area contributed by atoms with E-state index in [2.05, 4.69) is 15.3 Å². The van der Waals surface area contributed by atoms with Gasteiger partial charge in [-0.3, -0.25) is 4.79 Å².